The lowest BCUT2D eigenvalue weighted by molar-refractivity contribution is -0.738. The second-order valence-electron chi connectivity index (χ2n) is 8.58. The lowest BCUT2D eigenvalue weighted by atomic mass is 9.76. The number of halogens is 1. The van der Waals surface area contributed by atoms with Gasteiger partial charge in [-0.15, -0.1) is 0 Å². The zero-order chi connectivity index (χ0) is 22.8. The first-order chi connectivity index (χ1) is 15.3. The first-order valence-corrected chi connectivity index (χ1v) is 10.8. The average molecular weight is 457 g/mol. The molecule has 1 spiro atoms. The number of methoxy groups -OCH3 is 1. The van der Waals surface area contributed by atoms with Crippen LogP contribution in [0, 0.1) is 11.8 Å². The number of likely N-dealkylation sites (tertiary alicyclic amines) is 1. The number of hydrogen-bond donors (Lipinski definition) is 3. The van der Waals surface area contributed by atoms with E-state index < -0.39 is 41.3 Å². The summed E-state index contributed by atoms with van der Waals surface area (Å²) in [6.07, 6.45) is -0.907. The van der Waals surface area contributed by atoms with E-state index in [1.807, 2.05) is 0 Å². The molecule has 5 rings (SSSR count). The summed E-state index contributed by atoms with van der Waals surface area (Å²) in [6.45, 7) is 1.66. The SMILES string of the molecule is COc1ccc(CN2C(=O)[C@@H]3[C@@H]([C@H](C)O)[NH2+][C@@]4(C(=O)Nc5c(Cl)cccc54)[C@H]3C2=O)cc1. The van der Waals surface area contributed by atoms with Gasteiger partial charge in [-0.25, -0.2) is 0 Å². The van der Waals surface area contributed by atoms with Crippen LogP contribution in [0.3, 0.4) is 0 Å². The van der Waals surface area contributed by atoms with Crippen molar-refractivity contribution < 1.29 is 29.5 Å². The van der Waals surface area contributed by atoms with E-state index in [-0.39, 0.29) is 12.5 Å². The maximum absolute atomic E-state index is 13.7. The number of anilines is 1. The number of benzene rings is 2. The van der Waals surface area contributed by atoms with E-state index in [1.54, 1.807) is 61.8 Å². The van der Waals surface area contributed by atoms with Crippen LogP contribution in [0.4, 0.5) is 5.69 Å². The number of para-hydroxylation sites is 1. The fourth-order valence-corrected chi connectivity index (χ4v) is 5.67. The molecule has 9 heteroatoms. The zero-order valence-electron chi connectivity index (χ0n) is 17.5. The third-order valence-corrected chi connectivity index (χ3v) is 7.25. The van der Waals surface area contributed by atoms with Crippen molar-refractivity contribution >= 4 is 35.0 Å². The highest BCUT2D eigenvalue weighted by Crippen LogP contribution is 2.51. The Hall–Kier alpha value is -2.94. The molecule has 32 heavy (non-hydrogen) atoms. The predicted octanol–water partition coefficient (Wildman–Crippen LogP) is 0.624. The number of fused-ring (bicyclic) bond motifs is 4. The number of amides is 3. The maximum atomic E-state index is 13.7. The van der Waals surface area contributed by atoms with Crippen molar-refractivity contribution in [1.82, 2.24) is 4.90 Å². The number of quaternary nitrogens is 1. The van der Waals surface area contributed by atoms with Crippen molar-refractivity contribution in [2.24, 2.45) is 11.8 Å². The molecule has 0 saturated carbocycles. The van der Waals surface area contributed by atoms with Crippen LogP contribution < -0.4 is 15.4 Å². The third kappa shape index (κ3) is 2.73. The number of ether oxygens (including phenoxy) is 1. The Balaban J connectivity index is 1.58. The van der Waals surface area contributed by atoms with Crippen molar-refractivity contribution in [2.75, 3.05) is 12.4 Å². The summed E-state index contributed by atoms with van der Waals surface area (Å²) in [5, 5.41) is 15.3. The van der Waals surface area contributed by atoms with Crippen LogP contribution >= 0.6 is 11.6 Å². The molecule has 3 aliphatic rings. The van der Waals surface area contributed by atoms with Gasteiger partial charge in [-0.3, -0.25) is 19.3 Å². The second kappa shape index (κ2) is 7.30. The van der Waals surface area contributed by atoms with Crippen molar-refractivity contribution in [3.63, 3.8) is 0 Å². The van der Waals surface area contributed by atoms with Crippen molar-refractivity contribution in [2.45, 2.75) is 31.2 Å². The smallest absolute Gasteiger partial charge is 0.291 e. The molecule has 0 bridgehead atoms. The summed E-state index contributed by atoms with van der Waals surface area (Å²) in [4.78, 5) is 41.7. The normalized spacial score (nSPS) is 29.3. The van der Waals surface area contributed by atoms with Gasteiger partial charge in [0, 0.05) is 5.56 Å². The molecule has 3 heterocycles. The van der Waals surface area contributed by atoms with Gasteiger partial charge in [-0.2, -0.15) is 0 Å². The molecule has 0 aliphatic carbocycles. The third-order valence-electron chi connectivity index (χ3n) is 6.93. The first kappa shape index (κ1) is 20.9. The van der Waals surface area contributed by atoms with Gasteiger partial charge in [0.2, 0.25) is 17.4 Å². The summed E-state index contributed by atoms with van der Waals surface area (Å²) in [6, 6.07) is 11.6. The Morgan fingerprint density at radius 1 is 1.19 bits per heavy atom. The van der Waals surface area contributed by atoms with Crippen molar-refractivity contribution in [3.05, 3.63) is 58.6 Å². The van der Waals surface area contributed by atoms with Gasteiger partial charge in [-0.1, -0.05) is 29.8 Å². The highest BCUT2D eigenvalue weighted by atomic mass is 35.5. The van der Waals surface area contributed by atoms with E-state index in [2.05, 4.69) is 5.32 Å². The Bertz CT molecular complexity index is 1130. The van der Waals surface area contributed by atoms with Crippen LogP contribution in [0.25, 0.3) is 0 Å². The minimum Gasteiger partial charge on any atom is -0.497 e. The van der Waals surface area contributed by atoms with Gasteiger partial charge in [0.1, 0.15) is 29.7 Å². The lowest BCUT2D eigenvalue weighted by Crippen LogP contribution is -3.00. The zero-order valence-corrected chi connectivity index (χ0v) is 18.3. The van der Waals surface area contributed by atoms with Crippen LogP contribution in [0.5, 0.6) is 5.75 Å². The average Bonchev–Trinajstić information content (AvgIpc) is 3.36. The van der Waals surface area contributed by atoms with Crippen LogP contribution in [0.15, 0.2) is 42.5 Å². The lowest BCUT2D eigenvalue weighted by Gasteiger charge is -2.27. The highest BCUT2D eigenvalue weighted by molar-refractivity contribution is 6.35. The molecule has 8 nitrogen and oxygen atoms in total. The molecule has 0 radical (unpaired) electrons. The fraction of sp³-hybridized carbons (Fsp3) is 0.348. The van der Waals surface area contributed by atoms with Crippen LogP contribution in [-0.4, -0.2) is 47.0 Å². The Kier molecular flexibility index (Phi) is 4.77. The number of hydrogen-bond acceptors (Lipinski definition) is 5. The summed E-state index contributed by atoms with van der Waals surface area (Å²) in [7, 11) is 1.56. The number of nitrogens with zero attached hydrogens (tertiary/aromatic N) is 1. The van der Waals surface area contributed by atoms with Crippen LogP contribution in [-0.2, 0) is 26.5 Å². The molecule has 2 fully saturated rings. The molecule has 2 aromatic carbocycles. The van der Waals surface area contributed by atoms with Crippen LogP contribution in [0.2, 0.25) is 5.02 Å². The maximum Gasteiger partial charge on any atom is 0.291 e. The summed E-state index contributed by atoms with van der Waals surface area (Å²) >= 11 is 6.31. The largest absolute Gasteiger partial charge is 0.497 e. The van der Waals surface area contributed by atoms with Gasteiger partial charge in [0.15, 0.2) is 0 Å². The number of nitrogens with one attached hydrogen (secondary N) is 1. The number of rotatable bonds is 4. The van der Waals surface area contributed by atoms with Gasteiger partial charge >= 0.3 is 0 Å². The van der Waals surface area contributed by atoms with Gasteiger partial charge in [-0.05, 0) is 36.8 Å². The van der Waals surface area contributed by atoms with Crippen molar-refractivity contribution in [1.29, 1.82) is 0 Å². The molecule has 2 aromatic rings. The molecule has 3 aliphatic heterocycles. The van der Waals surface area contributed by atoms with Gasteiger partial charge in [0.05, 0.1) is 24.4 Å². The van der Waals surface area contributed by atoms with Gasteiger partial charge < -0.3 is 20.5 Å². The van der Waals surface area contributed by atoms with E-state index in [1.165, 1.54) is 4.90 Å². The van der Waals surface area contributed by atoms with Crippen molar-refractivity contribution in [3.8, 4) is 5.75 Å². The Labute approximate surface area is 189 Å². The predicted molar refractivity (Wildman–Crippen MR) is 115 cm³/mol. The van der Waals surface area contributed by atoms with Crippen LogP contribution in [0.1, 0.15) is 18.1 Å². The number of nitrogens with two attached hydrogens (primary N) is 1. The second-order valence-corrected chi connectivity index (χ2v) is 8.99. The highest BCUT2D eigenvalue weighted by Gasteiger charge is 2.74. The number of aliphatic hydroxyl groups is 1. The van der Waals surface area contributed by atoms with E-state index in [9.17, 15) is 19.5 Å². The number of aliphatic hydroxyl groups excluding tert-OH is 1. The molecule has 4 N–H and O–H groups in total. The minimum absolute atomic E-state index is 0.0846. The fourth-order valence-electron chi connectivity index (χ4n) is 5.45. The molecule has 2 saturated heterocycles. The summed E-state index contributed by atoms with van der Waals surface area (Å²) in [5.74, 6) is -2.28. The topological polar surface area (TPSA) is 113 Å². The minimum atomic E-state index is -1.35. The molecule has 0 aromatic heterocycles. The number of imide groups is 1. The number of carbonyl (C=O) groups is 3. The molecule has 166 valence electrons. The summed E-state index contributed by atoms with van der Waals surface area (Å²) in [5.41, 5.74) is 0.432. The monoisotopic (exact) mass is 456 g/mol. The first-order valence-electron chi connectivity index (χ1n) is 10.4. The summed E-state index contributed by atoms with van der Waals surface area (Å²) < 4.78 is 5.17. The van der Waals surface area contributed by atoms with Gasteiger partial charge in [0.25, 0.3) is 5.91 Å². The standard InChI is InChI=1S/C23H22ClN3O5/c1-11(28)18-16-17(23(26-18)14-4-3-5-15(24)19(14)25-22(23)31)21(30)27(20(16)29)10-12-6-8-13(32-2)9-7-12/h3-9,11,16-18,26,28H,10H2,1-2H3,(H,25,31)/p+1/t11-,16-,17+,18+,23+/m0/s1. The number of carbonyl (C=O) groups excluding carboxylic acids is 3. The molecule has 5 atom stereocenters. The molecular formula is C23H23ClN3O5+. The van der Waals surface area contributed by atoms with E-state index in [0.717, 1.165) is 5.56 Å². The van der Waals surface area contributed by atoms with E-state index >= 15 is 0 Å². The molecule has 0 unspecified atom stereocenters. The molecule has 3 amide bonds. The Morgan fingerprint density at radius 2 is 1.91 bits per heavy atom. The Morgan fingerprint density at radius 3 is 2.56 bits per heavy atom. The van der Waals surface area contributed by atoms with E-state index in [4.69, 9.17) is 16.3 Å². The molecular weight excluding hydrogens is 434 g/mol. The van der Waals surface area contributed by atoms with E-state index in [0.29, 0.717) is 22.0 Å². The quantitative estimate of drug-likeness (QED) is 0.584.